The zero-order valence-electron chi connectivity index (χ0n) is 11.2. The van der Waals surface area contributed by atoms with Gasteiger partial charge in [0.05, 0.1) is 0 Å². The van der Waals surface area contributed by atoms with Gasteiger partial charge >= 0.3 is 7.12 Å². The van der Waals surface area contributed by atoms with Crippen molar-refractivity contribution in [3.05, 3.63) is 59.4 Å². The van der Waals surface area contributed by atoms with Crippen molar-refractivity contribution in [1.29, 1.82) is 0 Å². The zero-order chi connectivity index (χ0) is 14.5. The van der Waals surface area contributed by atoms with Gasteiger partial charge in [0.1, 0.15) is 18.2 Å². The van der Waals surface area contributed by atoms with E-state index in [1.54, 1.807) is 0 Å². The summed E-state index contributed by atoms with van der Waals surface area (Å²) in [6.45, 7) is 2.21. The standard InChI is InChI=1S/C15H16BFO3/c1-2-12-5-3-4-6-15(12)20-10-11-7-13(16(18)19)9-14(17)8-11/h3-9,18-19H,2,10H2,1H3. The van der Waals surface area contributed by atoms with E-state index in [9.17, 15) is 4.39 Å². The van der Waals surface area contributed by atoms with E-state index in [1.807, 2.05) is 31.2 Å². The predicted octanol–water partition coefficient (Wildman–Crippen LogP) is 1.65. The molecule has 0 spiro atoms. The van der Waals surface area contributed by atoms with Gasteiger partial charge in [-0.25, -0.2) is 4.39 Å². The lowest BCUT2D eigenvalue weighted by molar-refractivity contribution is 0.302. The van der Waals surface area contributed by atoms with Crippen LogP contribution in [0.15, 0.2) is 42.5 Å². The molecule has 0 amide bonds. The maximum absolute atomic E-state index is 13.4. The number of benzene rings is 2. The third-order valence-corrected chi connectivity index (χ3v) is 3.03. The molecule has 5 heteroatoms. The zero-order valence-corrected chi connectivity index (χ0v) is 11.2. The third-order valence-electron chi connectivity index (χ3n) is 3.03. The molecule has 2 aromatic rings. The number of hydrogen-bond acceptors (Lipinski definition) is 3. The van der Waals surface area contributed by atoms with Crippen LogP contribution in [0, 0.1) is 5.82 Å². The Morgan fingerprint density at radius 3 is 2.60 bits per heavy atom. The van der Waals surface area contributed by atoms with Crippen molar-refractivity contribution in [2.24, 2.45) is 0 Å². The van der Waals surface area contributed by atoms with Crippen LogP contribution in [-0.4, -0.2) is 17.2 Å². The van der Waals surface area contributed by atoms with Crippen molar-refractivity contribution in [3.8, 4) is 5.75 Å². The Balaban J connectivity index is 2.14. The summed E-state index contributed by atoms with van der Waals surface area (Å²) in [6, 6.07) is 11.6. The summed E-state index contributed by atoms with van der Waals surface area (Å²) in [5.74, 6) is 0.239. The fourth-order valence-electron chi connectivity index (χ4n) is 2.01. The van der Waals surface area contributed by atoms with Crippen molar-refractivity contribution in [1.82, 2.24) is 0 Å². The van der Waals surface area contributed by atoms with E-state index in [1.165, 1.54) is 12.1 Å². The van der Waals surface area contributed by atoms with Gasteiger partial charge in [-0.05, 0) is 41.2 Å². The van der Waals surface area contributed by atoms with Gasteiger partial charge in [-0.3, -0.25) is 0 Å². The molecule has 0 fully saturated rings. The molecule has 0 atom stereocenters. The van der Waals surface area contributed by atoms with Crippen LogP contribution >= 0.6 is 0 Å². The molecule has 0 aliphatic rings. The normalized spacial score (nSPS) is 10.4. The van der Waals surface area contributed by atoms with Gasteiger partial charge in [0, 0.05) is 0 Å². The number of rotatable bonds is 5. The smallest absolute Gasteiger partial charge is 0.488 e. The first-order chi connectivity index (χ1) is 9.60. The van der Waals surface area contributed by atoms with Crippen LogP contribution < -0.4 is 10.2 Å². The highest BCUT2D eigenvalue weighted by Crippen LogP contribution is 2.19. The molecule has 0 bridgehead atoms. The summed E-state index contributed by atoms with van der Waals surface area (Å²) in [5, 5.41) is 18.2. The van der Waals surface area contributed by atoms with Crippen LogP contribution in [0.25, 0.3) is 0 Å². The number of para-hydroxylation sites is 1. The number of ether oxygens (including phenoxy) is 1. The molecule has 2 rings (SSSR count). The maximum atomic E-state index is 13.4. The number of hydrogen-bond donors (Lipinski definition) is 2. The topological polar surface area (TPSA) is 49.7 Å². The molecule has 0 aromatic heterocycles. The molecule has 3 nitrogen and oxygen atoms in total. The molecule has 0 saturated carbocycles. The second-order valence-corrected chi connectivity index (χ2v) is 4.52. The van der Waals surface area contributed by atoms with Crippen LogP contribution in [-0.2, 0) is 13.0 Å². The Kier molecular flexibility index (Phi) is 4.77. The molecular weight excluding hydrogens is 258 g/mol. The van der Waals surface area contributed by atoms with Crippen LogP contribution in [0.2, 0.25) is 0 Å². The summed E-state index contributed by atoms with van der Waals surface area (Å²) in [5.41, 5.74) is 1.75. The average Bonchev–Trinajstić information content (AvgIpc) is 2.44. The molecule has 0 heterocycles. The van der Waals surface area contributed by atoms with Crippen LogP contribution in [0.5, 0.6) is 5.75 Å². The van der Waals surface area contributed by atoms with Crippen molar-refractivity contribution >= 4 is 12.6 Å². The van der Waals surface area contributed by atoms with E-state index < -0.39 is 12.9 Å². The fraction of sp³-hybridized carbons (Fsp3) is 0.200. The highest BCUT2D eigenvalue weighted by atomic mass is 19.1. The van der Waals surface area contributed by atoms with Gasteiger partial charge in [-0.15, -0.1) is 0 Å². The van der Waals surface area contributed by atoms with E-state index in [4.69, 9.17) is 14.8 Å². The van der Waals surface area contributed by atoms with Gasteiger partial charge in [-0.2, -0.15) is 0 Å². The Morgan fingerprint density at radius 1 is 1.15 bits per heavy atom. The molecule has 2 N–H and O–H groups in total. The highest BCUT2D eigenvalue weighted by Gasteiger charge is 2.13. The van der Waals surface area contributed by atoms with E-state index in [0.717, 1.165) is 23.8 Å². The Hall–Kier alpha value is -1.85. The monoisotopic (exact) mass is 274 g/mol. The number of aryl methyl sites for hydroxylation is 1. The largest absolute Gasteiger partial charge is 0.489 e. The second-order valence-electron chi connectivity index (χ2n) is 4.52. The molecule has 0 saturated heterocycles. The van der Waals surface area contributed by atoms with Crippen LogP contribution in [0.1, 0.15) is 18.1 Å². The first kappa shape index (κ1) is 14.6. The summed E-state index contributed by atoms with van der Waals surface area (Å²) in [6.07, 6.45) is 0.847. The van der Waals surface area contributed by atoms with Crippen LogP contribution in [0.3, 0.4) is 0 Å². The first-order valence-corrected chi connectivity index (χ1v) is 6.46. The molecule has 0 unspecified atom stereocenters. The van der Waals surface area contributed by atoms with Crippen LogP contribution in [0.4, 0.5) is 4.39 Å². The Labute approximate surface area is 117 Å². The summed E-state index contributed by atoms with van der Waals surface area (Å²) < 4.78 is 19.1. The van der Waals surface area contributed by atoms with Crippen molar-refractivity contribution in [3.63, 3.8) is 0 Å². The lowest BCUT2D eigenvalue weighted by atomic mass is 9.79. The Morgan fingerprint density at radius 2 is 1.90 bits per heavy atom. The third kappa shape index (κ3) is 3.59. The minimum Gasteiger partial charge on any atom is -0.489 e. The van der Waals surface area contributed by atoms with E-state index >= 15 is 0 Å². The lowest BCUT2D eigenvalue weighted by Gasteiger charge is -2.11. The number of halogens is 1. The molecule has 0 aliphatic heterocycles. The van der Waals surface area contributed by atoms with Crippen molar-refractivity contribution in [2.75, 3.05) is 0 Å². The minimum atomic E-state index is -1.69. The predicted molar refractivity (Wildman–Crippen MR) is 76.4 cm³/mol. The minimum absolute atomic E-state index is 0.118. The van der Waals surface area contributed by atoms with Gasteiger partial charge in [-0.1, -0.05) is 31.2 Å². The molecule has 20 heavy (non-hydrogen) atoms. The van der Waals surface area contributed by atoms with E-state index in [2.05, 4.69) is 0 Å². The van der Waals surface area contributed by atoms with Gasteiger partial charge in [0.2, 0.25) is 0 Å². The average molecular weight is 274 g/mol. The highest BCUT2D eigenvalue weighted by molar-refractivity contribution is 6.58. The fourth-order valence-corrected chi connectivity index (χ4v) is 2.01. The van der Waals surface area contributed by atoms with Gasteiger partial charge in [0.15, 0.2) is 0 Å². The van der Waals surface area contributed by atoms with Crippen molar-refractivity contribution in [2.45, 2.75) is 20.0 Å². The molecule has 104 valence electrons. The SMILES string of the molecule is CCc1ccccc1OCc1cc(F)cc(B(O)O)c1. The quantitative estimate of drug-likeness (QED) is 0.815. The molecular formula is C15H16BFO3. The summed E-state index contributed by atoms with van der Waals surface area (Å²) in [7, 11) is -1.69. The van der Waals surface area contributed by atoms with E-state index in [0.29, 0.717) is 5.56 Å². The Bertz CT molecular complexity index is 587. The second kappa shape index (κ2) is 6.54. The van der Waals surface area contributed by atoms with Crippen molar-refractivity contribution < 1.29 is 19.2 Å². The van der Waals surface area contributed by atoms with Gasteiger partial charge < -0.3 is 14.8 Å². The summed E-state index contributed by atoms with van der Waals surface area (Å²) >= 11 is 0. The first-order valence-electron chi connectivity index (χ1n) is 6.46. The van der Waals surface area contributed by atoms with Gasteiger partial charge in [0.25, 0.3) is 0 Å². The molecule has 0 radical (unpaired) electrons. The molecule has 0 aliphatic carbocycles. The lowest BCUT2D eigenvalue weighted by Crippen LogP contribution is -2.30. The summed E-state index contributed by atoms with van der Waals surface area (Å²) in [4.78, 5) is 0. The van der Waals surface area contributed by atoms with E-state index in [-0.39, 0.29) is 12.1 Å². The maximum Gasteiger partial charge on any atom is 0.488 e. The molecule has 2 aromatic carbocycles.